The van der Waals surface area contributed by atoms with Crippen LogP contribution in [-0.4, -0.2) is 10.9 Å². The fourth-order valence-electron chi connectivity index (χ4n) is 6.93. The molecule has 1 aromatic heterocycles. The van der Waals surface area contributed by atoms with E-state index in [-0.39, 0.29) is 5.41 Å². The average molecular weight is 398 g/mol. The van der Waals surface area contributed by atoms with Crippen LogP contribution in [0.3, 0.4) is 0 Å². The lowest BCUT2D eigenvalue weighted by atomic mass is 9.44. The van der Waals surface area contributed by atoms with Crippen molar-refractivity contribution in [3.05, 3.63) is 28.2 Å². The molecule has 3 aliphatic carbocycles. The van der Waals surface area contributed by atoms with E-state index in [9.17, 15) is 4.79 Å². The summed E-state index contributed by atoms with van der Waals surface area (Å²) in [5, 5.41) is 4.30. The van der Waals surface area contributed by atoms with Crippen molar-refractivity contribution in [1.29, 1.82) is 0 Å². The first-order chi connectivity index (χ1) is 13.6. The second kappa shape index (κ2) is 7.10. The predicted octanol–water partition coefficient (Wildman–Crippen LogP) is 6.63. The molecule has 3 aliphatic rings. The van der Waals surface area contributed by atoms with E-state index >= 15 is 0 Å². The van der Waals surface area contributed by atoms with Gasteiger partial charge >= 0.3 is 0 Å². The summed E-state index contributed by atoms with van der Waals surface area (Å²) in [7, 11) is 0. The highest BCUT2D eigenvalue weighted by molar-refractivity contribution is 5.98. The Hall–Kier alpha value is -1.38. The minimum atomic E-state index is 0.170. The van der Waals surface area contributed by atoms with Gasteiger partial charge in [0, 0.05) is 24.8 Å². The van der Waals surface area contributed by atoms with Crippen molar-refractivity contribution >= 4 is 5.78 Å². The third-order valence-electron chi connectivity index (χ3n) is 8.91. The Kier molecular flexibility index (Phi) is 5.11. The van der Waals surface area contributed by atoms with Gasteiger partial charge in [0.2, 0.25) is 0 Å². The molecule has 2 saturated carbocycles. The van der Waals surface area contributed by atoms with Crippen molar-refractivity contribution in [3.63, 3.8) is 0 Å². The van der Waals surface area contributed by atoms with Crippen LogP contribution >= 0.6 is 0 Å². The molecule has 3 unspecified atom stereocenters. The molecule has 160 valence electrons. The van der Waals surface area contributed by atoms with Gasteiger partial charge in [-0.3, -0.25) is 4.79 Å². The number of rotatable bonds is 4. The number of allylic oxidation sites excluding steroid dienone is 2. The van der Waals surface area contributed by atoms with Crippen molar-refractivity contribution in [2.75, 3.05) is 0 Å². The van der Waals surface area contributed by atoms with Gasteiger partial charge in [-0.25, -0.2) is 0 Å². The third kappa shape index (κ3) is 3.33. The van der Waals surface area contributed by atoms with Gasteiger partial charge in [0.1, 0.15) is 5.76 Å². The Morgan fingerprint density at radius 1 is 1.00 bits per heavy atom. The molecule has 0 bridgehead atoms. The number of Topliss-reactive ketones (excluding diaryl/α,β-unsaturated/α-hetero) is 1. The number of hydrogen-bond acceptors (Lipinski definition) is 3. The van der Waals surface area contributed by atoms with Crippen LogP contribution in [0.1, 0.15) is 104 Å². The van der Waals surface area contributed by atoms with Gasteiger partial charge in [0.05, 0.1) is 5.69 Å². The second-order valence-electron chi connectivity index (χ2n) is 11.3. The number of ketones is 1. The van der Waals surface area contributed by atoms with Crippen LogP contribution < -0.4 is 0 Å². The van der Waals surface area contributed by atoms with Crippen LogP contribution in [0.25, 0.3) is 0 Å². The fourth-order valence-corrected chi connectivity index (χ4v) is 6.93. The summed E-state index contributed by atoms with van der Waals surface area (Å²) in [5.74, 6) is 2.03. The molecule has 0 saturated heterocycles. The average Bonchev–Trinajstić information content (AvgIpc) is 3.07. The molecule has 3 nitrogen and oxygen atoms in total. The van der Waals surface area contributed by atoms with Crippen LogP contribution in [-0.2, 0) is 24.1 Å². The Labute approximate surface area is 176 Å². The quantitative estimate of drug-likeness (QED) is 0.572. The number of nitrogens with zero attached hydrogens (tertiary/aromatic N) is 1. The number of hydrogen-bond donors (Lipinski definition) is 0. The number of fused-ring (bicyclic) bond motifs is 3. The standard InChI is InChI=1S/C26H39NO2/c1-7-20-18(22(8-2)29-27-20)15-17-19-9-11-25(5)14-13-24(3,4)16-23(25)26(19,6)12-10-21(17)28/h23H,7-16H2,1-6H3. The van der Waals surface area contributed by atoms with Gasteiger partial charge in [-0.15, -0.1) is 0 Å². The summed E-state index contributed by atoms with van der Waals surface area (Å²) >= 11 is 0. The zero-order valence-corrected chi connectivity index (χ0v) is 19.4. The third-order valence-corrected chi connectivity index (χ3v) is 8.91. The van der Waals surface area contributed by atoms with Gasteiger partial charge in [-0.05, 0) is 72.7 Å². The van der Waals surface area contributed by atoms with Crippen LogP contribution in [0.5, 0.6) is 0 Å². The smallest absolute Gasteiger partial charge is 0.159 e. The molecule has 3 heteroatoms. The topological polar surface area (TPSA) is 43.1 Å². The van der Waals surface area contributed by atoms with Gasteiger partial charge in [0.15, 0.2) is 5.78 Å². The minimum absolute atomic E-state index is 0.170. The first-order valence-electron chi connectivity index (χ1n) is 11.9. The van der Waals surface area contributed by atoms with Crippen LogP contribution in [0, 0.1) is 22.2 Å². The molecule has 0 radical (unpaired) electrons. The minimum Gasteiger partial charge on any atom is -0.361 e. The molecular weight excluding hydrogens is 358 g/mol. The second-order valence-corrected chi connectivity index (χ2v) is 11.3. The number of aromatic nitrogens is 1. The van der Waals surface area contributed by atoms with Crippen molar-refractivity contribution in [1.82, 2.24) is 5.16 Å². The Morgan fingerprint density at radius 2 is 1.76 bits per heavy atom. The summed E-state index contributed by atoms with van der Waals surface area (Å²) in [4.78, 5) is 13.2. The summed E-state index contributed by atoms with van der Waals surface area (Å²) in [6.45, 7) is 14.2. The zero-order valence-electron chi connectivity index (χ0n) is 19.4. The lowest BCUT2D eigenvalue weighted by molar-refractivity contribution is -0.119. The highest BCUT2D eigenvalue weighted by Gasteiger charge is 2.56. The van der Waals surface area contributed by atoms with E-state index in [2.05, 4.69) is 46.7 Å². The van der Waals surface area contributed by atoms with E-state index < -0.39 is 0 Å². The van der Waals surface area contributed by atoms with Crippen LogP contribution in [0.2, 0.25) is 0 Å². The van der Waals surface area contributed by atoms with Gasteiger partial charge in [-0.2, -0.15) is 0 Å². The lowest BCUT2D eigenvalue weighted by Crippen LogP contribution is -2.51. The molecule has 0 spiro atoms. The Balaban J connectivity index is 1.78. The van der Waals surface area contributed by atoms with Crippen molar-refractivity contribution in [3.8, 4) is 0 Å². The molecule has 3 atom stereocenters. The summed E-state index contributed by atoms with van der Waals surface area (Å²) in [5.41, 5.74) is 5.83. The molecule has 0 aliphatic heterocycles. The molecule has 4 rings (SSSR count). The molecule has 0 aromatic carbocycles. The highest BCUT2D eigenvalue weighted by atomic mass is 16.5. The summed E-state index contributed by atoms with van der Waals surface area (Å²) in [6.07, 6.45) is 10.5. The number of aryl methyl sites for hydroxylation is 2. The number of carbonyl (C=O) groups excluding carboxylic acids is 1. The van der Waals surface area contributed by atoms with Crippen molar-refractivity contribution < 1.29 is 9.32 Å². The van der Waals surface area contributed by atoms with Crippen molar-refractivity contribution in [2.45, 2.75) is 106 Å². The first-order valence-corrected chi connectivity index (χ1v) is 11.9. The molecular formula is C26H39NO2. The fraction of sp³-hybridized carbons (Fsp3) is 0.769. The largest absolute Gasteiger partial charge is 0.361 e. The molecule has 0 amide bonds. The Morgan fingerprint density at radius 3 is 2.45 bits per heavy atom. The van der Waals surface area contributed by atoms with Crippen molar-refractivity contribution in [2.24, 2.45) is 22.2 Å². The molecule has 1 aromatic rings. The summed E-state index contributed by atoms with van der Waals surface area (Å²) in [6, 6.07) is 0. The van der Waals surface area contributed by atoms with E-state index in [4.69, 9.17) is 4.52 Å². The highest BCUT2D eigenvalue weighted by Crippen LogP contribution is 2.65. The van der Waals surface area contributed by atoms with Gasteiger partial charge in [-0.1, -0.05) is 52.3 Å². The van der Waals surface area contributed by atoms with Gasteiger partial charge in [0.25, 0.3) is 0 Å². The predicted molar refractivity (Wildman–Crippen MR) is 117 cm³/mol. The van der Waals surface area contributed by atoms with E-state index in [1.807, 2.05) is 0 Å². The van der Waals surface area contributed by atoms with E-state index in [0.29, 0.717) is 29.0 Å². The molecule has 1 heterocycles. The maximum atomic E-state index is 13.2. The van der Waals surface area contributed by atoms with E-state index in [1.54, 1.807) is 0 Å². The van der Waals surface area contributed by atoms with Crippen LogP contribution in [0.15, 0.2) is 15.7 Å². The molecule has 29 heavy (non-hydrogen) atoms. The van der Waals surface area contributed by atoms with E-state index in [1.165, 1.54) is 36.8 Å². The maximum Gasteiger partial charge on any atom is 0.159 e. The Bertz CT molecular complexity index is 823. The maximum absolute atomic E-state index is 13.2. The summed E-state index contributed by atoms with van der Waals surface area (Å²) < 4.78 is 5.62. The van der Waals surface area contributed by atoms with E-state index in [0.717, 1.165) is 49.1 Å². The number of carbonyl (C=O) groups is 1. The zero-order chi connectivity index (χ0) is 21.0. The van der Waals surface area contributed by atoms with Gasteiger partial charge < -0.3 is 4.52 Å². The van der Waals surface area contributed by atoms with Crippen LogP contribution in [0.4, 0.5) is 0 Å². The lowest BCUT2D eigenvalue weighted by Gasteiger charge is -2.60. The monoisotopic (exact) mass is 397 g/mol. The molecule has 2 fully saturated rings. The SMILES string of the molecule is CCc1noc(CC)c1CC1=C2CCC3(C)CCC(C)(C)CC3C2(C)CCC1=O. The first kappa shape index (κ1) is 20.9. The normalized spacial score (nSPS) is 34.1. The molecule has 0 N–H and O–H groups in total.